The lowest BCUT2D eigenvalue weighted by Crippen LogP contribution is -2.16. The average Bonchev–Trinajstić information content (AvgIpc) is 3.78. The van der Waals surface area contributed by atoms with Gasteiger partial charge in [0.2, 0.25) is 0 Å². The summed E-state index contributed by atoms with van der Waals surface area (Å²) in [5, 5.41) is 4.83. The third kappa shape index (κ3) is 5.53. The molecule has 10 aromatic rings. The summed E-state index contributed by atoms with van der Waals surface area (Å²) in [7, 11) is 0. The topological polar surface area (TPSA) is 13.1 Å². The molecule has 0 bridgehead atoms. The van der Waals surface area contributed by atoms with Crippen molar-refractivity contribution in [3.63, 3.8) is 0 Å². The van der Waals surface area contributed by atoms with Gasteiger partial charge < -0.3 is 4.42 Å². The Labute approximate surface area is 339 Å². The van der Waals surface area contributed by atoms with Crippen molar-refractivity contribution in [2.45, 2.75) is 31.6 Å². The molecule has 1 nitrogen and oxygen atoms in total. The molecule has 1 aromatic heterocycles. The Bertz CT molecular complexity index is 3150. The van der Waals surface area contributed by atoms with Crippen molar-refractivity contribution in [1.82, 2.24) is 0 Å². The summed E-state index contributed by atoms with van der Waals surface area (Å²) >= 11 is 0. The van der Waals surface area contributed by atoms with Crippen molar-refractivity contribution < 1.29 is 4.42 Å². The summed E-state index contributed by atoms with van der Waals surface area (Å²) in [5.74, 6) is 0.0478. The maximum Gasteiger partial charge on any atom is 0.136 e. The van der Waals surface area contributed by atoms with Crippen LogP contribution in [0.3, 0.4) is 0 Å². The Morgan fingerprint density at radius 2 is 1.02 bits per heavy atom. The molecule has 0 saturated carbocycles. The van der Waals surface area contributed by atoms with E-state index in [0.29, 0.717) is 0 Å². The fourth-order valence-corrected chi connectivity index (χ4v) is 9.87. The Kier molecular flexibility index (Phi) is 8.05. The van der Waals surface area contributed by atoms with E-state index in [-0.39, 0.29) is 11.3 Å². The molecule has 11 rings (SSSR count). The van der Waals surface area contributed by atoms with Crippen LogP contribution in [0.25, 0.3) is 77.2 Å². The van der Waals surface area contributed by atoms with Crippen molar-refractivity contribution in [2.75, 3.05) is 0 Å². The van der Waals surface area contributed by atoms with Crippen LogP contribution in [0.1, 0.15) is 47.6 Å². The highest BCUT2D eigenvalue weighted by molar-refractivity contribution is 6.23. The van der Waals surface area contributed by atoms with Gasteiger partial charge in [-0.1, -0.05) is 202 Å². The third-order valence-electron chi connectivity index (χ3n) is 12.8. The van der Waals surface area contributed by atoms with Crippen LogP contribution in [0.5, 0.6) is 0 Å². The van der Waals surface area contributed by atoms with Gasteiger partial charge in [0.25, 0.3) is 0 Å². The van der Waals surface area contributed by atoms with E-state index in [1.165, 1.54) is 93.9 Å². The van der Waals surface area contributed by atoms with Gasteiger partial charge in [-0.25, -0.2) is 0 Å². The molecule has 0 amide bonds. The minimum Gasteiger partial charge on any atom is -0.456 e. The van der Waals surface area contributed by atoms with Crippen molar-refractivity contribution in [2.24, 2.45) is 0 Å². The van der Waals surface area contributed by atoms with Crippen LogP contribution in [0, 0.1) is 0 Å². The molecular weight excluding hydrogens is 701 g/mol. The number of benzene rings is 9. The molecule has 9 aromatic carbocycles. The summed E-state index contributed by atoms with van der Waals surface area (Å²) in [6.07, 6.45) is 0.828. The highest BCUT2D eigenvalue weighted by atomic mass is 16.3. The molecule has 1 heterocycles. The van der Waals surface area contributed by atoms with Crippen LogP contribution in [-0.4, -0.2) is 0 Å². The molecule has 0 radical (unpaired) electrons. The summed E-state index contributed by atoms with van der Waals surface area (Å²) in [6, 6.07) is 73.4. The van der Waals surface area contributed by atoms with E-state index >= 15 is 0 Å². The molecule has 1 unspecified atom stereocenters. The Morgan fingerprint density at radius 3 is 1.81 bits per heavy atom. The van der Waals surface area contributed by atoms with Crippen LogP contribution in [-0.2, 0) is 11.8 Å². The van der Waals surface area contributed by atoms with Gasteiger partial charge in [0, 0.05) is 22.1 Å². The summed E-state index contributed by atoms with van der Waals surface area (Å²) < 4.78 is 6.89. The van der Waals surface area contributed by atoms with E-state index in [1.54, 1.807) is 0 Å². The van der Waals surface area contributed by atoms with Crippen LogP contribution in [0.2, 0.25) is 0 Å². The van der Waals surface area contributed by atoms with Gasteiger partial charge in [0.1, 0.15) is 11.2 Å². The molecule has 0 saturated heterocycles. The van der Waals surface area contributed by atoms with Gasteiger partial charge in [-0.05, 0) is 102 Å². The van der Waals surface area contributed by atoms with Gasteiger partial charge in [-0.2, -0.15) is 0 Å². The van der Waals surface area contributed by atoms with Crippen LogP contribution >= 0.6 is 0 Å². The monoisotopic (exact) mass is 742 g/mol. The zero-order valence-corrected chi connectivity index (χ0v) is 32.7. The number of hydrogen-bond donors (Lipinski definition) is 0. The van der Waals surface area contributed by atoms with Gasteiger partial charge in [-0.3, -0.25) is 0 Å². The predicted molar refractivity (Wildman–Crippen MR) is 244 cm³/mol. The average molecular weight is 743 g/mol. The standard InChI is InChI=1S/C57H42O/c1-57(2)51-26-14-13-23-45(51)46-33-32-42(35-52(46)57)49(34-41-20-9-10-21-43(41)40-30-28-38(29-31-40)37-16-5-3-6-17-37)48-25-15-27-53-55(48)56-47-24-12-11-22-44(47)50(36-54(56)58-53)39-18-7-4-8-19-39/h3-33,35-36,49H,34H2,1-2H3. The van der Waals surface area contributed by atoms with Gasteiger partial charge >= 0.3 is 0 Å². The first-order valence-electron chi connectivity index (χ1n) is 20.4. The van der Waals surface area contributed by atoms with Gasteiger partial charge in [0.15, 0.2) is 0 Å². The minimum absolute atomic E-state index is 0.0478. The van der Waals surface area contributed by atoms with E-state index < -0.39 is 0 Å². The minimum atomic E-state index is -0.108. The second kappa shape index (κ2) is 13.6. The number of furan rings is 1. The molecule has 0 spiro atoms. The lowest BCUT2D eigenvalue weighted by molar-refractivity contribution is 0.657. The zero-order chi connectivity index (χ0) is 38.8. The first-order valence-corrected chi connectivity index (χ1v) is 20.4. The van der Waals surface area contributed by atoms with E-state index in [9.17, 15) is 0 Å². The molecule has 1 heteroatoms. The molecule has 0 fully saturated rings. The predicted octanol–water partition coefficient (Wildman–Crippen LogP) is 15.4. The van der Waals surface area contributed by atoms with E-state index in [4.69, 9.17) is 4.42 Å². The molecule has 1 aliphatic rings. The number of hydrogen-bond acceptors (Lipinski definition) is 1. The molecular formula is C57H42O. The van der Waals surface area contributed by atoms with Crippen molar-refractivity contribution >= 4 is 32.7 Å². The number of fused-ring (bicyclic) bond motifs is 8. The van der Waals surface area contributed by atoms with Gasteiger partial charge in [0.05, 0.1) is 0 Å². The quantitative estimate of drug-likeness (QED) is 0.158. The maximum absolute atomic E-state index is 6.89. The highest BCUT2D eigenvalue weighted by Crippen LogP contribution is 2.51. The zero-order valence-electron chi connectivity index (χ0n) is 32.7. The van der Waals surface area contributed by atoms with E-state index in [0.717, 1.165) is 17.6 Å². The van der Waals surface area contributed by atoms with Crippen molar-refractivity contribution in [3.05, 3.63) is 228 Å². The van der Waals surface area contributed by atoms with Crippen LogP contribution < -0.4 is 0 Å². The molecule has 1 atom stereocenters. The first kappa shape index (κ1) is 34.3. The lowest BCUT2D eigenvalue weighted by atomic mass is 9.78. The Balaban J connectivity index is 1.12. The fourth-order valence-electron chi connectivity index (χ4n) is 9.87. The molecule has 1 aliphatic carbocycles. The Hall–Kier alpha value is -6.96. The summed E-state index contributed by atoms with van der Waals surface area (Å²) in [4.78, 5) is 0. The normalized spacial score (nSPS) is 13.5. The number of rotatable bonds is 7. The summed E-state index contributed by atoms with van der Waals surface area (Å²) in [6.45, 7) is 4.76. The second-order valence-corrected chi connectivity index (χ2v) is 16.4. The first-order chi connectivity index (χ1) is 28.5. The van der Waals surface area contributed by atoms with Crippen LogP contribution in [0.4, 0.5) is 0 Å². The highest BCUT2D eigenvalue weighted by Gasteiger charge is 2.36. The lowest BCUT2D eigenvalue weighted by Gasteiger charge is -2.25. The maximum atomic E-state index is 6.89. The smallest absolute Gasteiger partial charge is 0.136 e. The molecule has 58 heavy (non-hydrogen) atoms. The van der Waals surface area contributed by atoms with Crippen LogP contribution in [0.15, 0.2) is 205 Å². The molecule has 0 aliphatic heterocycles. The van der Waals surface area contributed by atoms with Crippen molar-refractivity contribution in [3.8, 4) is 44.5 Å². The molecule has 0 N–H and O–H groups in total. The van der Waals surface area contributed by atoms with Crippen molar-refractivity contribution in [1.29, 1.82) is 0 Å². The largest absolute Gasteiger partial charge is 0.456 e. The second-order valence-electron chi connectivity index (χ2n) is 16.4. The summed E-state index contributed by atoms with van der Waals surface area (Å²) in [5.41, 5.74) is 18.5. The third-order valence-corrected chi connectivity index (χ3v) is 12.8. The van der Waals surface area contributed by atoms with Gasteiger partial charge in [-0.15, -0.1) is 0 Å². The van der Waals surface area contributed by atoms with E-state index in [1.807, 2.05) is 0 Å². The SMILES string of the molecule is CC1(C)c2ccccc2-c2ccc(C(Cc3ccccc3-c3ccc(-c4ccccc4)cc3)c3cccc4oc5cc(-c6ccccc6)c6ccccc6c5c34)cc21. The Morgan fingerprint density at radius 1 is 0.414 bits per heavy atom. The molecule has 276 valence electrons. The van der Waals surface area contributed by atoms with E-state index in [2.05, 4.69) is 214 Å². The fraction of sp³-hybridized carbons (Fsp3) is 0.0877.